The van der Waals surface area contributed by atoms with Crippen LogP contribution >= 0.6 is 0 Å². The molecule has 1 unspecified atom stereocenters. The van der Waals surface area contributed by atoms with Gasteiger partial charge >= 0.3 is 0 Å². The standard InChI is InChI=1S/C19H18N2O3/c1-21-17(12-14-7-9-15(22)10-8-14)18(23)20-16(19(21)24)11-13-5-3-2-4-6-13/h2-10,12,16,22H,11H2,1H3,(H,20,23)/b17-12-. The molecule has 3 rings (SSSR count). The molecule has 5 nitrogen and oxygen atoms in total. The van der Waals surface area contributed by atoms with Gasteiger partial charge in [-0.05, 0) is 29.3 Å². The lowest BCUT2D eigenvalue weighted by atomic mass is 10.0. The quantitative estimate of drug-likeness (QED) is 0.849. The molecule has 0 radical (unpaired) electrons. The van der Waals surface area contributed by atoms with E-state index in [2.05, 4.69) is 5.32 Å². The third kappa shape index (κ3) is 3.30. The van der Waals surface area contributed by atoms with Crippen LogP contribution in [0.5, 0.6) is 5.75 Å². The number of piperazine rings is 1. The summed E-state index contributed by atoms with van der Waals surface area (Å²) < 4.78 is 0. The molecule has 122 valence electrons. The van der Waals surface area contributed by atoms with Crippen molar-refractivity contribution in [2.45, 2.75) is 12.5 Å². The predicted molar refractivity (Wildman–Crippen MR) is 90.9 cm³/mol. The van der Waals surface area contributed by atoms with Gasteiger partial charge in [0.1, 0.15) is 17.5 Å². The Hall–Kier alpha value is -3.08. The fraction of sp³-hybridized carbons (Fsp3) is 0.158. The van der Waals surface area contributed by atoms with Gasteiger partial charge in [0.2, 0.25) is 5.91 Å². The average Bonchev–Trinajstić information content (AvgIpc) is 2.59. The van der Waals surface area contributed by atoms with Crippen LogP contribution in [-0.4, -0.2) is 34.9 Å². The Kier molecular flexibility index (Phi) is 4.33. The minimum atomic E-state index is -0.568. The Morgan fingerprint density at radius 2 is 1.75 bits per heavy atom. The normalized spacial score (nSPS) is 19.5. The Balaban J connectivity index is 1.80. The lowest BCUT2D eigenvalue weighted by Crippen LogP contribution is -2.56. The minimum absolute atomic E-state index is 0.150. The van der Waals surface area contributed by atoms with Gasteiger partial charge < -0.3 is 15.3 Å². The van der Waals surface area contributed by atoms with E-state index >= 15 is 0 Å². The number of phenols is 1. The fourth-order valence-corrected chi connectivity index (χ4v) is 2.68. The van der Waals surface area contributed by atoms with Crippen LogP contribution in [0.25, 0.3) is 6.08 Å². The molecule has 0 aromatic heterocycles. The molecule has 1 aliphatic heterocycles. The number of aromatic hydroxyl groups is 1. The molecular formula is C19H18N2O3. The molecule has 0 aliphatic carbocycles. The highest BCUT2D eigenvalue weighted by Crippen LogP contribution is 2.19. The predicted octanol–water partition coefficient (Wildman–Crippen LogP) is 1.93. The molecule has 5 heteroatoms. The van der Waals surface area contributed by atoms with E-state index in [0.29, 0.717) is 6.42 Å². The molecule has 1 atom stereocenters. The number of phenolic OH excluding ortho intramolecular Hbond substituents is 1. The molecule has 2 amide bonds. The van der Waals surface area contributed by atoms with Gasteiger partial charge in [0.15, 0.2) is 0 Å². The van der Waals surface area contributed by atoms with Crippen LogP contribution in [0.2, 0.25) is 0 Å². The lowest BCUT2D eigenvalue weighted by Gasteiger charge is -2.32. The van der Waals surface area contributed by atoms with Crippen LogP contribution in [0, 0.1) is 0 Å². The Morgan fingerprint density at radius 1 is 1.08 bits per heavy atom. The molecule has 2 aromatic carbocycles. The van der Waals surface area contributed by atoms with E-state index in [1.165, 1.54) is 17.0 Å². The molecule has 0 bridgehead atoms. The van der Waals surface area contributed by atoms with Crippen LogP contribution < -0.4 is 5.32 Å². The van der Waals surface area contributed by atoms with Gasteiger partial charge in [-0.3, -0.25) is 9.59 Å². The fourth-order valence-electron chi connectivity index (χ4n) is 2.68. The molecule has 0 saturated carbocycles. The lowest BCUT2D eigenvalue weighted by molar-refractivity contribution is -0.138. The third-order valence-corrected chi connectivity index (χ3v) is 4.01. The van der Waals surface area contributed by atoms with E-state index in [-0.39, 0.29) is 23.3 Å². The number of hydrogen-bond donors (Lipinski definition) is 2. The van der Waals surface area contributed by atoms with Gasteiger partial charge in [-0.2, -0.15) is 0 Å². The van der Waals surface area contributed by atoms with E-state index in [1.807, 2.05) is 30.3 Å². The smallest absolute Gasteiger partial charge is 0.268 e. The van der Waals surface area contributed by atoms with E-state index in [4.69, 9.17) is 0 Å². The number of nitrogens with one attached hydrogen (secondary N) is 1. The number of rotatable bonds is 3. The summed E-state index contributed by atoms with van der Waals surface area (Å²) in [4.78, 5) is 26.3. The number of carbonyl (C=O) groups excluding carboxylic acids is 2. The minimum Gasteiger partial charge on any atom is -0.508 e. The van der Waals surface area contributed by atoms with Crippen LogP contribution in [0.1, 0.15) is 11.1 Å². The first-order valence-electron chi connectivity index (χ1n) is 7.67. The summed E-state index contributed by atoms with van der Waals surface area (Å²) in [5.74, 6) is -0.285. The second-order valence-corrected chi connectivity index (χ2v) is 5.73. The van der Waals surface area contributed by atoms with Crippen LogP contribution in [0.15, 0.2) is 60.3 Å². The van der Waals surface area contributed by atoms with Crippen LogP contribution in [0.4, 0.5) is 0 Å². The van der Waals surface area contributed by atoms with Crippen molar-refractivity contribution >= 4 is 17.9 Å². The zero-order valence-corrected chi connectivity index (χ0v) is 13.3. The van der Waals surface area contributed by atoms with Crippen molar-refractivity contribution in [1.29, 1.82) is 0 Å². The van der Waals surface area contributed by atoms with Crippen molar-refractivity contribution in [3.8, 4) is 5.75 Å². The Morgan fingerprint density at radius 3 is 2.42 bits per heavy atom. The summed E-state index contributed by atoms with van der Waals surface area (Å²) in [6.07, 6.45) is 2.09. The van der Waals surface area contributed by atoms with Gasteiger partial charge in [0, 0.05) is 13.5 Å². The zero-order chi connectivity index (χ0) is 17.1. The second-order valence-electron chi connectivity index (χ2n) is 5.73. The second kappa shape index (κ2) is 6.58. The highest BCUT2D eigenvalue weighted by Gasteiger charge is 2.34. The molecule has 1 heterocycles. The monoisotopic (exact) mass is 322 g/mol. The molecular weight excluding hydrogens is 304 g/mol. The van der Waals surface area contributed by atoms with E-state index < -0.39 is 6.04 Å². The van der Waals surface area contributed by atoms with Gasteiger partial charge in [0.25, 0.3) is 5.91 Å². The maximum absolute atomic E-state index is 12.6. The van der Waals surface area contributed by atoms with E-state index in [0.717, 1.165) is 11.1 Å². The summed E-state index contributed by atoms with van der Waals surface area (Å²) in [6.45, 7) is 0. The highest BCUT2D eigenvalue weighted by molar-refractivity contribution is 6.07. The van der Waals surface area contributed by atoms with Crippen molar-refractivity contribution < 1.29 is 14.7 Å². The summed E-state index contributed by atoms with van der Waals surface area (Å²) in [5, 5.41) is 12.1. The van der Waals surface area contributed by atoms with Crippen molar-refractivity contribution in [3.63, 3.8) is 0 Å². The van der Waals surface area contributed by atoms with Gasteiger partial charge in [-0.1, -0.05) is 42.5 Å². The van der Waals surface area contributed by atoms with Gasteiger partial charge in [0.05, 0.1) is 0 Å². The molecule has 1 aliphatic rings. The number of hydrogen-bond acceptors (Lipinski definition) is 3. The Labute approximate surface area is 140 Å². The SMILES string of the molecule is CN1C(=O)C(Cc2ccccc2)NC(=O)/C1=C/c1ccc(O)cc1. The average molecular weight is 322 g/mol. The first-order chi connectivity index (χ1) is 11.5. The number of carbonyl (C=O) groups is 2. The summed E-state index contributed by atoms with van der Waals surface area (Å²) in [6, 6.07) is 15.5. The molecule has 2 aromatic rings. The van der Waals surface area contributed by atoms with Crippen LogP contribution in [-0.2, 0) is 16.0 Å². The number of benzene rings is 2. The number of likely N-dealkylation sites (N-methyl/N-ethyl adjacent to an activating group) is 1. The number of nitrogens with zero attached hydrogens (tertiary/aromatic N) is 1. The van der Waals surface area contributed by atoms with Crippen LogP contribution in [0.3, 0.4) is 0 Å². The summed E-state index contributed by atoms with van der Waals surface area (Å²) in [7, 11) is 1.60. The Bertz CT molecular complexity index is 782. The highest BCUT2D eigenvalue weighted by atomic mass is 16.3. The van der Waals surface area contributed by atoms with Crippen molar-refractivity contribution in [2.24, 2.45) is 0 Å². The first kappa shape index (κ1) is 15.8. The summed E-state index contributed by atoms with van der Waals surface area (Å²) in [5.41, 5.74) is 2.02. The molecule has 24 heavy (non-hydrogen) atoms. The topological polar surface area (TPSA) is 69.6 Å². The maximum Gasteiger partial charge on any atom is 0.268 e. The van der Waals surface area contributed by atoms with E-state index in [1.54, 1.807) is 25.3 Å². The van der Waals surface area contributed by atoms with Crippen molar-refractivity contribution in [1.82, 2.24) is 10.2 Å². The zero-order valence-electron chi connectivity index (χ0n) is 13.3. The van der Waals surface area contributed by atoms with Crippen molar-refractivity contribution in [2.75, 3.05) is 7.05 Å². The molecule has 2 N–H and O–H groups in total. The third-order valence-electron chi connectivity index (χ3n) is 4.01. The largest absolute Gasteiger partial charge is 0.508 e. The molecule has 1 saturated heterocycles. The maximum atomic E-state index is 12.6. The van der Waals surface area contributed by atoms with E-state index in [9.17, 15) is 14.7 Å². The van der Waals surface area contributed by atoms with Gasteiger partial charge in [-0.25, -0.2) is 0 Å². The van der Waals surface area contributed by atoms with Crippen molar-refractivity contribution in [3.05, 3.63) is 71.4 Å². The molecule has 0 spiro atoms. The number of amides is 2. The summed E-state index contributed by atoms with van der Waals surface area (Å²) >= 11 is 0. The first-order valence-corrected chi connectivity index (χ1v) is 7.67. The van der Waals surface area contributed by atoms with Gasteiger partial charge in [-0.15, -0.1) is 0 Å². The molecule has 1 fully saturated rings.